The molecule has 10 rings (SSSR count). The zero-order valence-corrected chi connectivity index (χ0v) is 49.0. The molecule has 2 saturated heterocycles. The highest BCUT2D eigenvalue weighted by molar-refractivity contribution is 5.86. The number of aliphatic imine (C=N–C) groups is 1. The van der Waals surface area contributed by atoms with Crippen LogP contribution in [-0.4, -0.2) is 174 Å². The van der Waals surface area contributed by atoms with E-state index in [1.54, 1.807) is 25.9 Å². The normalized spacial score (nSPS) is 43.6. The van der Waals surface area contributed by atoms with E-state index in [2.05, 4.69) is 74.6 Å². The molecule has 8 aliphatic rings. The van der Waals surface area contributed by atoms with Crippen LogP contribution in [-0.2, 0) is 25.5 Å². The van der Waals surface area contributed by atoms with Gasteiger partial charge >= 0.3 is 5.97 Å². The molecule has 0 unspecified atom stereocenters. The molecule has 6 aliphatic carbocycles. The van der Waals surface area contributed by atoms with E-state index in [1.807, 2.05) is 13.1 Å². The van der Waals surface area contributed by atoms with Crippen LogP contribution in [0.25, 0.3) is 0 Å². The fourth-order valence-electron chi connectivity index (χ4n) is 19.6. The van der Waals surface area contributed by atoms with E-state index in [0.29, 0.717) is 103 Å². The number of carboxylic acids is 1. The Balaban J connectivity index is 1.12. The highest BCUT2D eigenvalue weighted by Gasteiger charge is 2.75. The first-order valence-electron chi connectivity index (χ1n) is 30.4. The van der Waals surface area contributed by atoms with Crippen LogP contribution in [0.3, 0.4) is 0 Å². The Morgan fingerprint density at radius 2 is 1.66 bits per heavy atom. The van der Waals surface area contributed by atoms with E-state index >= 15 is 4.79 Å². The van der Waals surface area contributed by atoms with Crippen LogP contribution in [0.2, 0.25) is 0 Å². The number of hydrogen-bond acceptors (Lipinski definition) is 16. The Labute approximate surface area is 481 Å². The largest absolute Gasteiger partial charge is 0.481 e. The molecule has 22 heteroatoms. The summed E-state index contributed by atoms with van der Waals surface area (Å²) in [5.41, 5.74) is 9.58. The summed E-state index contributed by atoms with van der Waals surface area (Å²) in [5.74, 6) is -3.59. The maximum Gasteiger partial charge on any atom is 0.310 e. The van der Waals surface area contributed by atoms with Gasteiger partial charge in [-0.25, -0.2) is 9.97 Å². The number of imidazole rings is 2. The molecule has 82 heavy (non-hydrogen) atoms. The maximum atomic E-state index is 15.3. The number of amides is 1. The molecule has 17 N–H and O–H groups in total. The predicted octanol–water partition coefficient (Wildman–Crippen LogP) is 2.01. The number of fused-ring (bicyclic) bond motifs is 7. The van der Waals surface area contributed by atoms with Gasteiger partial charge in [-0.2, -0.15) is 0 Å². The van der Waals surface area contributed by atoms with Crippen molar-refractivity contribution in [2.24, 2.45) is 95.8 Å². The first-order chi connectivity index (χ1) is 38.9. The molecule has 7 fully saturated rings. The second-order valence-corrected chi connectivity index (χ2v) is 28.0. The maximum absolute atomic E-state index is 15.3. The van der Waals surface area contributed by atoms with Gasteiger partial charge in [0.1, 0.15) is 24.5 Å². The number of H-pyrrole nitrogens is 2. The van der Waals surface area contributed by atoms with Crippen molar-refractivity contribution >= 4 is 17.8 Å². The molecule has 0 aromatic carbocycles. The Kier molecular flexibility index (Phi) is 17.1. The molecule has 22 atom stereocenters. The summed E-state index contributed by atoms with van der Waals surface area (Å²) < 4.78 is 12.8. The van der Waals surface area contributed by atoms with E-state index in [-0.39, 0.29) is 42.8 Å². The fourth-order valence-corrected chi connectivity index (χ4v) is 19.6. The van der Waals surface area contributed by atoms with Gasteiger partial charge in [0.05, 0.1) is 48.9 Å². The highest BCUT2D eigenvalue weighted by Crippen LogP contribution is 2.79. The summed E-state index contributed by atoms with van der Waals surface area (Å²) in [6.45, 7) is 11.6. The lowest BCUT2D eigenvalue weighted by Crippen LogP contribution is -2.73. The first kappa shape index (κ1) is 61.0. The third-order valence-electron chi connectivity index (χ3n) is 24.3. The zero-order valence-electron chi connectivity index (χ0n) is 49.0. The number of nitrogens with zero attached hydrogens (tertiary/aromatic N) is 3. The molecule has 0 bridgehead atoms. The summed E-state index contributed by atoms with van der Waals surface area (Å²) in [6, 6.07) is -0.534. The van der Waals surface area contributed by atoms with Gasteiger partial charge < -0.3 is 87.7 Å². The van der Waals surface area contributed by atoms with Crippen molar-refractivity contribution in [1.82, 2.24) is 35.9 Å². The van der Waals surface area contributed by atoms with E-state index in [1.165, 1.54) is 0 Å². The summed E-state index contributed by atoms with van der Waals surface area (Å²) in [4.78, 5) is 49.0. The van der Waals surface area contributed by atoms with Crippen molar-refractivity contribution in [3.05, 3.63) is 48.1 Å². The van der Waals surface area contributed by atoms with Crippen molar-refractivity contribution in [2.45, 2.75) is 180 Å². The van der Waals surface area contributed by atoms with E-state index < -0.39 is 123 Å². The van der Waals surface area contributed by atoms with Gasteiger partial charge in [-0.15, -0.1) is 0 Å². The fraction of sp³-hybridized carbons (Fsp3) is 0.817. The minimum atomic E-state index is -1.68. The highest BCUT2D eigenvalue weighted by atomic mass is 16.7. The van der Waals surface area contributed by atoms with Gasteiger partial charge in [0.25, 0.3) is 0 Å². The van der Waals surface area contributed by atoms with Crippen molar-refractivity contribution in [1.29, 1.82) is 0 Å². The number of carbonyl (C=O) groups is 2. The second kappa shape index (κ2) is 23.0. The number of aliphatic carboxylic acids is 1. The molecular weight excluding hydrogens is 1050 g/mol. The molecule has 2 aliphatic heterocycles. The average molecular weight is 1150 g/mol. The summed E-state index contributed by atoms with van der Waals surface area (Å²) >= 11 is 0. The van der Waals surface area contributed by atoms with Crippen molar-refractivity contribution in [2.75, 3.05) is 46.5 Å². The lowest BCUT2D eigenvalue weighted by molar-refractivity contribution is -0.341. The van der Waals surface area contributed by atoms with Crippen molar-refractivity contribution in [3.8, 4) is 0 Å². The van der Waals surface area contributed by atoms with Gasteiger partial charge in [0, 0.05) is 80.4 Å². The van der Waals surface area contributed by atoms with Crippen molar-refractivity contribution in [3.63, 3.8) is 0 Å². The number of aromatic nitrogens is 4. The first-order valence-corrected chi connectivity index (χ1v) is 30.4. The lowest BCUT2D eigenvalue weighted by atomic mass is 9.30. The number of aliphatic hydroxyl groups is 7. The number of carbonyl (C=O) groups excluding carboxylic acids is 1. The number of ether oxygens (including phenoxy) is 2. The van der Waals surface area contributed by atoms with E-state index in [0.717, 1.165) is 29.8 Å². The molecule has 2 aromatic rings. The van der Waals surface area contributed by atoms with Crippen molar-refractivity contribution < 1.29 is 59.9 Å². The number of allylic oxidation sites excluding steroid dienone is 2. The lowest BCUT2D eigenvalue weighted by Gasteiger charge is -2.74. The summed E-state index contributed by atoms with van der Waals surface area (Å²) in [5, 5.41) is 103. The third-order valence-corrected chi connectivity index (χ3v) is 24.3. The van der Waals surface area contributed by atoms with Crippen LogP contribution in [0.4, 0.5) is 0 Å². The molecule has 5 saturated carbocycles. The Hall–Kier alpha value is -4.07. The number of guanidine groups is 1. The molecule has 1 spiro atoms. The number of nitrogens with two attached hydrogens (primary N) is 2. The molecule has 4 heterocycles. The molecule has 0 radical (unpaired) electrons. The van der Waals surface area contributed by atoms with Crippen LogP contribution in [0, 0.1) is 79.3 Å². The standard InChI is InChI=1S/C60H96N10O12/c1-54(28-71)15-16-60(52(79)80)22-33(20-34-25-65-30-68-34)58(5)36(39(60)23-54)9-10-43-56(58,3)14-11-42-55(2,29-72)48(82-50-47(76)46(75)41(73)27-81-50)45(74)38(57(42,43)4)21-37-44(70-51(78)59(37)12-7-8-13-59)35(40-26-66-31-69-40)19-32(49(61)77)24-64-17-18-67-53(62)63-6/h9,25-26,30-33,35,37-39,41-50,64,71-77H,7-8,10-24,27-29,61H2,1-6H3,(H,65,68)(H,66,69)(H,70,78)(H,79,80)(H3,62,63,67)/t32-,33+,35-,37-,38+,39-,41+,42+,43-,44-,45+,46-,47+,48+,49-,50-,54-,55-,56+,57-,58+,60-/m0/s1. The Morgan fingerprint density at radius 1 is 0.927 bits per heavy atom. The monoisotopic (exact) mass is 1150 g/mol. The van der Waals surface area contributed by atoms with Gasteiger partial charge in [0.2, 0.25) is 5.91 Å². The second-order valence-electron chi connectivity index (χ2n) is 28.0. The molecule has 2 aromatic heterocycles. The Morgan fingerprint density at radius 3 is 2.30 bits per heavy atom. The van der Waals surface area contributed by atoms with Crippen LogP contribution in [0.15, 0.2) is 41.7 Å². The van der Waals surface area contributed by atoms with Gasteiger partial charge in [0.15, 0.2) is 12.2 Å². The van der Waals surface area contributed by atoms with Gasteiger partial charge in [-0.05, 0) is 134 Å². The molecule has 22 nitrogen and oxygen atoms in total. The molecular formula is C60H96N10O12. The SMILES string of the molecule is CN=C(N)NCCNC[C@H](C[C@@H](c1cnc[nH]1)[C@@H]1NC(=O)C2(CCCC2)[C@H]1C[C@@H]1[C@@H](O)[C@@H](O[C@@H]2OC[C@@H](O)[C@H](O)[C@H]2O)[C@@](C)(CO)[C@H]2CC[C@]3(C)[C@H](CC=C4[C@@H]5C[C@@](C)(CO)CC[C@]5(C(=O)O)C[C@@H](Cc5cnc[nH]5)[C@]43C)[C@@]12C)[C@@H](N)O. The minimum absolute atomic E-state index is 0.0547. The zero-order chi connectivity index (χ0) is 59.0. The molecule has 458 valence electrons. The minimum Gasteiger partial charge on any atom is -0.481 e. The van der Waals surface area contributed by atoms with E-state index in [9.17, 15) is 45.6 Å². The number of aliphatic hydroxyl groups excluding tert-OH is 7. The predicted molar refractivity (Wildman–Crippen MR) is 303 cm³/mol. The smallest absolute Gasteiger partial charge is 0.310 e. The van der Waals surface area contributed by atoms with Crippen LogP contribution >= 0.6 is 0 Å². The number of nitrogens with one attached hydrogen (secondary N) is 5. The number of hydrogen-bond donors (Lipinski definition) is 15. The summed E-state index contributed by atoms with van der Waals surface area (Å²) in [6.07, 6.45) is 7.26. The van der Waals surface area contributed by atoms with Crippen LogP contribution in [0.5, 0.6) is 0 Å². The van der Waals surface area contributed by atoms with Gasteiger partial charge in [-0.1, -0.05) is 59.1 Å². The average Bonchev–Trinajstić information content (AvgIpc) is 2.13. The third kappa shape index (κ3) is 9.77. The Bertz CT molecular complexity index is 2620. The number of aromatic amines is 2. The topological polar surface area (TPSA) is 372 Å². The van der Waals surface area contributed by atoms with Gasteiger partial charge in [-0.3, -0.25) is 14.6 Å². The number of carboxylic acid groups (broad SMARTS) is 1. The van der Waals surface area contributed by atoms with E-state index in [4.69, 9.17) is 20.9 Å². The summed E-state index contributed by atoms with van der Waals surface area (Å²) in [7, 11) is 1.60. The number of rotatable bonds is 19. The van der Waals surface area contributed by atoms with Crippen LogP contribution < -0.4 is 27.4 Å². The molecule has 1 amide bonds. The quantitative estimate of drug-likeness (QED) is 0.0239. The van der Waals surface area contributed by atoms with Crippen LogP contribution in [0.1, 0.15) is 135 Å².